The van der Waals surface area contributed by atoms with Gasteiger partial charge in [0.25, 0.3) is 0 Å². The summed E-state index contributed by atoms with van der Waals surface area (Å²) in [5.74, 6) is 0.762. The van der Waals surface area contributed by atoms with Crippen molar-refractivity contribution in [3.05, 3.63) is 52.7 Å². The third-order valence-corrected chi connectivity index (χ3v) is 5.81. The molecule has 0 aliphatic heterocycles. The Kier molecular flexibility index (Phi) is 3.23. The Morgan fingerprint density at radius 3 is 2.92 bits per heavy atom. The van der Waals surface area contributed by atoms with E-state index in [1.165, 1.54) is 40.7 Å². The monoisotopic (exact) mass is 335 g/mol. The van der Waals surface area contributed by atoms with Gasteiger partial charge in [-0.05, 0) is 36.8 Å². The zero-order chi connectivity index (χ0) is 15.9. The Labute approximate surface area is 143 Å². The Bertz CT molecular complexity index is 1020. The Balaban J connectivity index is 1.62. The second kappa shape index (κ2) is 5.56. The van der Waals surface area contributed by atoms with Gasteiger partial charge in [-0.15, -0.1) is 11.3 Å². The molecular weight excluding hydrogens is 318 g/mol. The van der Waals surface area contributed by atoms with Crippen LogP contribution in [0.1, 0.15) is 28.8 Å². The Hall–Kier alpha value is -2.47. The molecule has 5 rings (SSSR count). The quantitative estimate of drug-likeness (QED) is 0.618. The number of benzene rings is 1. The molecular formula is C18H17N5S. The van der Waals surface area contributed by atoms with Gasteiger partial charge in [-0.2, -0.15) is 9.61 Å². The minimum atomic E-state index is 0.722. The van der Waals surface area contributed by atoms with E-state index >= 15 is 0 Å². The topological polar surface area (TPSA) is 55.1 Å². The zero-order valence-corrected chi connectivity index (χ0v) is 14.0. The van der Waals surface area contributed by atoms with Crippen LogP contribution in [0.15, 0.2) is 36.7 Å². The highest BCUT2D eigenvalue weighted by atomic mass is 32.1. The van der Waals surface area contributed by atoms with Crippen LogP contribution in [0, 0.1) is 0 Å². The fraction of sp³-hybridized carbons (Fsp3) is 0.278. The third kappa shape index (κ3) is 2.17. The second-order valence-corrected chi connectivity index (χ2v) is 7.24. The van der Waals surface area contributed by atoms with Crippen LogP contribution < -0.4 is 5.32 Å². The van der Waals surface area contributed by atoms with Crippen LogP contribution in [-0.2, 0) is 19.4 Å². The molecule has 1 N–H and O–H groups in total. The predicted molar refractivity (Wildman–Crippen MR) is 96.6 cm³/mol. The summed E-state index contributed by atoms with van der Waals surface area (Å²) in [5, 5.41) is 9.02. The molecule has 0 unspecified atom stereocenters. The molecule has 24 heavy (non-hydrogen) atoms. The predicted octanol–water partition coefficient (Wildman–Crippen LogP) is 3.83. The molecule has 5 nitrogen and oxygen atoms in total. The summed E-state index contributed by atoms with van der Waals surface area (Å²) in [4.78, 5) is 11.9. The van der Waals surface area contributed by atoms with Crippen LogP contribution in [0.3, 0.4) is 0 Å². The van der Waals surface area contributed by atoms with Gasteiger partial charge in [0.05, 0.1) is 5.39 Å². The van der Waals surface area contributed by atoms with E-state index in [2.05, 4.69) is 27.5 Å². The van der Waals surface area contributed by atoms with Crippen LogP contribution in [0.4, 0.5) is 5.95 Å². The number of anilines is 1. The van der Waals surface area contributed by atoms with Crippen LogP contribution >= 0.6 is 11.3 Å². The highest BCUT2D eigenvalue weighted by molar-refractivity contribution is 7.19. The summed E-state index contributed by atoms with van der Waals surface area (Å²) in [7, 11) is 0. The number of nitrogens with zero attached hydrogens (tertiary/aromatic N) is 4. The standard InChI is InChI=1S/C18H17N5S/c1-2-6-12(7-3-1)10-19-18-22-17-15(16-20-11-21-23(16)18)13-8-4-5-9-14(13)24-17/h1-3,6-7,11H,4-5,8-10H2,(H,19,22). The fourth-order valence-electron chi connectivity index (χ4n) is 3.46. The summed E-state index contributed by atoms with van der Waals surface area (Å²) in [6.07, 6.45) is 6.46. The van der Waals surface area contributed by atoms with E-state index in [4.69, 9.17) is 4.98 Å². The van der Waals surface area contributed by atoms with Gasteiger partial charge in [-0.1, -0.05) is 30.3 Å². The molecule has 0 bridgehead atoms. The van der Waals surface area contributed by atoms with E-state index in [1.54, 1.807) is 6.33 Å². The number of rotatable bonds is 3. The Morgan fingerprint density at radius 1 is 1.12 bits per heavy atom. The van der Waals surface area contributed by atoms with Gasteiger partial charge in [-0.25, -0.2) is 9.97 Å². The highest BCUT2D eigenvalue weighted by Gasteiger charge is 2.21. The molecule has 1 aromatic carbocycles. The van der Waals surface area contributed by atoms with E-state index in [0.717, 1.165) is 29.4 Å². The summed E-state index contributed by atoms with van der Waals surface area (Å²) in [6, 6.07) is 10.3. The number of nitrogens with one attached hydrogen (secondary N) is 1. The van der Waals surface area contributed by atoms with Crippen molar-refractivity contribution in [2.24, 2.45) is 0 Å². The van der Waals surface area contributed by atoms with Gasteiger partial charge < -0.3 is 5.32 Å². The van der Waals surface area contributed by atoms with E-state index in [0.29, 0.717) is 0 Å². The summed E-state index contributed by atoms with van der Waals surface area (Å²) >= 11 is 1.82. The molecule has 0 saturated heterocycles. The van der Waals surface area contributed by atoms with E-state index in [9.17, 15) is 0 Å². The maximum Gasteiger partial charge on any atom is 0.227 e. The van der Waals surface area contributed by atoms with Crippen LogP contribution in [0.5, 0.6) is 0 Å². The van der Waals surface area contributed by atoms with Gasteiger partial charge in [0.15, 0.2) is 5.65 Å². The molecule has 4 aromatic rings. The molecule has 0 radical (unpaired) electrons. The number of hydrogen-bond donors (Lipinski definition) is 1. The number of aromatic nitrogens is 4. The van der Waals surface area contributed by atoms with Crippen molar-refractivity contribution >= 4 is 33.1 Å². The van der Waals surface area contributed by atoms with Crippen molar-refractivity contribution in [3.63, 3.8) is 0 Å². The van der Waals surface area contributed by atoms with Gasteiger partial charge in [0.1, 0.15) is 11.2 Å². The lowest BCUT2D eigenvalue weighted by atomic mass is 9.97. The summed E-state index contributed by atoms with van der Waals surface area (Å²) in [6.45, 7) is 0.722. The van der Waals surface area contributed by atoms with Gasteiger partial charge in [0.2, 0.25) is 5.95 Å². The molecule has 0 saturated carbocycles. The van der Waals surface area contributed by atoms with Gasteiger partial charge in [-0.3, -0.25) is 0 Å². The minimum absolute atomic E-state index is 0.722. The average molecular weight is 335 g/mol. The van der Waals surface area contributed by atoms with Gasteiger partial charge in [0, 0.05) is 11.4 Å². The third-order valence-electron chi connectivity index (χ3n) is 4.63. The van der Waals surface area contributed by atoms with Crippen molar-refractivity contribution in [2.75, 3.05) is 5.32 Å². The van der Waals surface area contributed by atoms with Crippen LogP contribution in [0.25, 0.3) is 15.9 Å². The first-order valence-electron chi connectivity index (χ1n) is 8.32. The largest absolute Gasteiger partial charge is 0.350 e. The lowest BCUT2D eigenvalue weighted by molar-refractivity contribution is 0.700. The first-order valence-corrected chi connectivity index (χ1v) is 9.13. The number of aryl methyl sites for hydroxylation is 2. The van der Waals surface area contributed by atoms with E-state index < -0.39 is 0 Å². The molecule has 6 heteroatoms. The molecule has 120 valence electrons. The van der Waals surface area contributed by atoms with Crippen molar-refractivity contribution in [1.29, 1.82) is 0 Å². The first-order chi connectivity index (χ1) is 11.9. The highest BCUT2D eigenvalue weighted by Crippen LogP contribution is 2.37. The lowest BCUT2D eigenvalue weighted by Gasteiger charge is -2.11. The van der Waals surface area contributed by atoms with Crippen molar-refractivity contribution in [1.82, 2.24) is 19.6 Å². The van der Waals surface area contributed by atoms with Crippen LogP contribution in [0.2, 0.25) is 0 Å². The maximum absolute atomic E-state index is 4.86. The smallest absolute Gasteiger partial charge is 0.227 e. The second-order valence-electron chi connectivity index (χ2n) is 6.16. The number of fused-ring (bicyclic) bond motifs is 5. The van der Waals surface area contributed by atoms with Gasteiger partial charge >= 0.3 is 0 Å². The minimum Gasteiger partial charge on any atom is -0.350 e. The van der Waals surface area contributed by atoms with E-state index in [-0.39, 0.29) is 0 Å². The molecule has 0 amide bonds. The average Bonchev–Trinajstić information content (AvgIpc) is 3.24. The maximum atomic E-state index is 4.86. The molecule has 3 heterocycles. The van der Waals surface area contributed by atoms with E-state index in [1.807, 2.05) is 34.1 Å². The molecule has 1 aliphatic carbocycles. The normalized spacial score (nSPS) is 14.2. The number of hydrogen-bond acceptors (Lipinski definition) is 5. The molecule has 0 spiro atoms. The fourth-order valence-corrected chi connectivity index (χ4v) is 4.72. The molecule has 3 aromatic heterocycles. The summed E-state index contributed by atoms with van der Waals surface area (Å²) in [5.41, 5.74) is 3.59. The van der Waals surface area contributed by atoms with Crippen molar-refractivity contribution in [3.8, 4) is 0 Å². The van der Waals surface area contributed by atoms with Crippen molar-refractivity contribution in [2.45, 2.75) is 32.2 Å². The van der Waals surface area contributed by atoms with Crippen LogP contribution in [-0.4, -0.2) is 19.6 Å². The Morgan fingerprint density at radius 2 is 2.00 bits per heavy atom. The lowest BCUT2D eigenvalue weighted by Crippen LogP contribution is -2.08. The summed E-state index contributed by atoms with van der Waals surface area (Å²) < 4.78 is 1.84. The molecule has 0 fully saturated rings. The first kappa shape index (κ1) is 13.9. The molecule has 0 atom stereocenters. The number of thiophene rings is 1. The SMILES string of the molecule is c1ccc(CNc2nc3sc4c(c3c3ncnn23)CCCC4)cc1. The van der Waals surface area contributed by atoms with Crippen molar-refractivity contribution < 1.29 is 0 Å². The molecule has 1 aliphatic rings. The zero-order valence-electron chi connectivity index (χ0n) is 13.2.